The van der Waals surface area contributed by atoms with Crippen LogP contribution in [0.15, 0.2) is 5.11 Å². The van der Waals surface area contributed by atoms with Crippen LogP contribution >= 0.6 is 0 Å². The average Bonchev–Trinajstić information content (AvgIpc) is 2.02. The van der Waals surface area contributed by atoms with Gasteiger partial charge in [-0.2, -0.15) is 5.11 Å². The molecule has 0 aliphatic heterocycles. The lowest BCUT2D eigenvalue weighted by molar-refractivity contribution is -0.161. The van der Waals surface area contributed by atoms with Gasteiger partial charge in [0.1, 0.15) is 18.1 Å². The molecule has 0 heterocycles. The van der Waals surface area contributed by atoms with Gasteiger partial charge in [-0.1, -0.05) is 0 Å². The number of hydrogen-bond acceptors (Lipinski definition) is 6. The normalized spacial score (nSPS) is 13.1. The topological polar surface area (TPSA) is 106 Å². The van der Waals surface area contributed by atoms with Crippen molar-refractivity contribution in [1.82, 2.24) is 0 Å². The molecule has 0 spiro atoms. The van der Waals surface area contributed by atoms with Gasteiger partial charge in [-0.25, -0.2) is 5.53 Å². The molecule has 0 aromatic rings. The van der Waals surface area contributed by atoms with Crippen LogP contribution in [0.3, 0.4) is 0 Å². The molecule has 0 aromatic heterocycles. The van der Waals surface area contributed by atoms with E-state index in [1.54, 1.807) is 20.8 Å². The lowest BCUT2D eigenvalue weighted by atomic mass is 10.0. The number of rotatable bonds is 5. The quantitative estimate of drug-likeness (QED) is 0.395. The first-order valence-electron chi connectivity index (χ1n) is 4.60. The number of Topliss-reactive ketones (excluding diaryl/α,β-unsaturated/α-hetero) is 1. The van der Waals surface area contributed by atoms with E-state index in [1.807, 2.05) is 0 Å². The Morgan fingerprint density at radius 2 is 2.00 bits per heavy atom. The van der Waals surface area contributed by atoms with Crippen LogP contribution in [0.25, 0.3) is 0 Å². The van der Waals surface area contributed by atoms with Crippen molar-refractivity contribution in [3.8, 4) is 0 Å². The molecular weight excluding hydrogens is 198 g/mol. The summed E-state index contributed by atoms with van der Waals surface area (Å²) in [6.45, 7) is 4.66. The zero-order valence-electron chi connectivity index (χ0n) is 9.24. The molecule has 86 valence electrons. The van der Waals surface area contributed by atoms with Crippen LogP contribution in [-0.2, 0) is 14.3 Å². The van der Waals surface area contributed by atoms with Gasteiger partial charge in [0.25, 0.3) is 0 Å². The molecule has 0 rings (SSSR count). The highest BCUT2D eigenvalue weighted by molar-refractivity contribution is 6.00. The summed E-state index contributed by atoms with van der Waals surface area (Å²) in [5.74, 6) is -2.15. The van der Waals surface area contributed by atoms with E-state index in [2.05, 4.69) is 5.11 Å². The average molecular weight is 215 g/mol. The van der Waals surface area contributed by atoms with Crippen molar-refractivity contribution in [3.05, 3.63) is 0 Å². The first-order valence-corrected chi connectivity index (χ1v) is 4.60. The molecule has 15 heavy (non-hydrogen) atoms. The second-order valence-corrected chi connectivity index (χ2v) is 4.10. The predicted molar refractivity (Wildman–Crippen MR) is 53.4 cm³/mol. The smallest absolute Gasteiger partial charge is 0.318 e. The molecule has 0 saturated carbocycles. The zero-order valence-corrected chi connectivity index (χ0v) is 9.24. The highest BCUT2D eigenvalue weighted by atomic mass is 16.6. The lowest BCUT2D eigenvalue weighted by Crippen LogP contribution is -2.37. The maximum Gasteiger partial charge on any atom is 0.318 e. The van der Waals surface area contributed by atoms with E-state index < -0.39 is 23.3 Å². The monoisotopic (exact) mass is 215 g/mol. The SMILES string of the molecule is CC(C)(C)OC(=O)[C@H](CN)C(=O)CN=N. The van der Waals surface area contributed by atoms with E-state index >= 15 is 0 Å². The molecule has 0 aliphatic carbocycles. The fourth-order valence-corrected chi connectivity index (χ4v) is 0.920. The number of nitrogens with two attached hydrogens (primary N) is 1. The third kappa shape index (κ3) is 5.21. The molecule has 0 bridgehead atoms. The molecule has 0 fully saturated rings. The highest BCUT2D eigenvalue weighted by Gasteiger charge is 2.29. The van der Waals surface area contributed by atoms with E-state index in [-0.39, 0.29) is 13.1 Å². The number of carbonyl (C=O) groups excluding carboxylic acids is 2. The Morgan fingerprint density at radius 1 is 1.47 bits per heavy atom. The van der Waals surface area contributed by atoms with Crippen LogP contribution in [0.2, 0.25) is 0 Å². The first-order chi connectivity index (χ1) is 6.81. The fourth-order valence-electron chi connectivity index (χ4n) is 0.920. The van der Waals surface area contributed by atoms with Crippen molar-refractivity contribution in [2.45, 2.75) is 26.4 Å². The number of nitrogens with one attached hydrogen (secondary N) is 1. The van der Waals surface area contributed by atoms with Gasteiger partial charge in [0.15, 0.2) is 5.78 Å². The second kappa shape index (κ2) is 5.55. The molecule has 6 nitrogen and oxygen atoms in total. The Kier molecular flexibility index (Phi) is 5.07. The summed E-state index contributed by atoms with van der Waals surface area (Å²) in [5, 5.41) is 2.92. The van der Waals surface area contributed by atoms with E-state index in [4.69, 9.17) is 16.0 Å². The summed E-state index contributed by atoms with van der Waals surface area (Å²) in [4.78, 5) is 22.8. The summed E-state index contributed by atoms with van der Waals surface area (Å²) in [6.07, 6.45) is 0. The van der Waals surface area contributed by atoms with Crippen molar-refractivity contribution in [3.63, 3.8) is 0 Å². The Morgan fingerprint density at radius 3 is 2.33 bits per heavy atom. The molecule has 0 aromatic carbocycles. The summed E-state index contributed by atoms with van der Waals surface area (Å²) in [6, 6.07) is 0. The Labute approximate surface area is 88.7 Å². The maximum absolute atomic E-state index is 11.5. The van der Waals surface area contributed by atoms with Crippen molar-refractivity contribution in [2.75, 3.05) is 13.1 Å². The van der Waals surface area contributed by atoms with Crippen molar-refractivity contribution in [1.29, 1.82) is 5.53 Å². The summed E-state index contributed by atoms with van der Waals surface area (Å²) >= 11 is 0. The standard InChI is InChI=1S/C9H17N3O3/c1-9(2,3)15-8(14)6(4-10)7(13)5-12-11/h6,11H,4-5,10H2,1-3H3/t6-/m1/s1. The van der Waals surface area contributed by atoms with Gasteiger partial charge in [0.2, 0.25) is 0 Å². The molecule has 6 heteroatoms. The molecular formula is C9H17N3O3. The van der Waals surface area contributed by atoms with Crippen molar-refractivity contribution >= 4 is 11.8 Å². The minimum atomic E-state index is -1.02. The Hall–Kier alpha value is -1.30. The lowest BCUT2D eigenvalue weighted by Gasteiger charge is -2.22. The predicted octanol–water partition coefficient (Wildman–Crippen LogP) is 0.503. The molecule has 1 atom stereocenters. The van der Waals surface area contributed by atoms with Crippen LogP contribution in [0.4, 0.5) is 0 Å². The van der Waals surface area contributed by atoms with E-state index in [1.165, 1.54) is 0 Å². The number of nitrogens with zero attached hydrogens (tertiary/aromatic N) is 1. The largest absolute Gasteiger partial charge is 0.459 e. The summed E-state index contributed by atoms with van der Waals surface area (Å²) < 4.78 is 5.02. The Bertz CT molecular complexity index is 258. The number of ketones is 1. The first kappa shape index (κ1) is 13.7. The maximum atomic E-state index is 11.5. The van der Waals surface area contributed by atoms with Crippen molar-refractivity contribution < 1.29 is 14.3 Å². The number of esters is 1. The van der Waals surface area contributed by atoms with Crippen LogP contribution in [0.1, 0.15) is 20.8 Å². The third-order valence-corrected chi connectivity index (χ3v) is 1.55. The molecule has 0 aliphatic rings. The van der Waals surface area contributed by atoms with Gasteiger partial charge in [0, 0.05) is 6.54 Å². The third-order valence-electron chi connectivity index (χ3n) is 1.55. The molecule has 0 radical (unpaired) electrons. The summed E-state index contributed by atoms with van der Waals surface area (Å²) in [7, 11) is 0. The van der Waals surface area contributed by atoms with Gasteiger partial charge in [0.05, 0.1) is 0 Å². The van der Waals surface area contributed by atoms with Gasteiger partial charge >= 0.3 is 5.97 Å². The van der Waals surface area contributed by atoms with Crippen LogP contribution in [0, 0.1) is 11.4 Å². The molecule has 0 unspecified atom stereocenters. The molecule has 0 amide bonds. The number of carbonyl (C=O) groups is 2. The minimum Gasteiger partial charge on any atom is -0.459 e. The Balaban J connectivity index is 4.47. The number of hydrogen-bond donors (Lipinski definition) is 2. The molecule has 0 saturated heterocycles. The van der Waals surface area contributed by atoms with Gasteiger partial charge in [-0.05, 0) is 20.8 Å². The van der Waals surface area contributed by atoms with E-state index in [0.29, 0.717) is 0 Å². The van der Waals surface area contributed by atoms with Gasteiger partial charge in [-0.3, -0.25) is 9.59 Å². The minimum absolute atomic E-state index is 0.122. The van der Waals surface area contributed by atoms with Crippen LogP contribution in [0.5, 0.6) is 0 Å². The number of ether oxygens (including phenoxy) is 1. The highest BCUT2D eigenvalue weighted by Crippen LogP contribution is 2.11. The van der Waals surface area contributed by atoms with Crippen molar-refractivity contribution in [2.24, 2.45) is 16.8 Å². The van der Waals surface area contributed by atoms with Gasteiger partial charge < -0.3 is 10.5 Å². The summed E-state index contributed by atoms with van der Waals surface area (Å²) in [5.41, 5.74) is 11.2. The molecule has 3 N–H and O–H groups in total. The zero-order chi connectivity index (χ0) is 12.1. The van der Waals surface area contributed by atoms with E-state index in [9.17, 15) is 9.59 Å². The van der Waals surface area contributed by atoms with Gasteiger partial charge in [-0.15, -0.1) is 0 Å². The van der Waals surface area contributed by atoms with Crippen LogP contribution < -0.4 is 5.73 Å². The van der Waals surface area contributed by atoms with Crippen LogP contribution in [-0.4, -0.2) is 30.4 Å². The van der Waals surface area contributed by atoms with E-state index in [0.717, 1.165) is 0 Å². The second-order valence-electron chi connectivity index (χ2n) is 4.10. The fraction of sp³-hybridized carbons (Fsp3) is 0.778.